The highest BCUT2D eigenvalue weighted by molar-refractivity contribution is 7.92. The molecule has 120 valence electrons. The fourth-order valence-electron chi connectivity index (χ4n) is 4.40. The fourth-order valence-corrected chi connectivity index (χ4v) is 5.69. The number of nitrogens with zero attached hydrogens (tertiary/aromatic N) is 1. The molecule has 0 radical (unpaired) electrons. The predicted molar refractivity (Wildman–Crippen MR) is 81.4 cm³/mol. The van der Waals surface area contributed by atoms with Crippen molar-refractivity contribution in [3.05, 3.63) is 0 Å². The van der Waals surface area contributed by atoms with Gasteiger partial charge >= 0.3 is 0 Å². The Balaban J connectivity index is 1.66. The third kappa shape index (κ3) is 2.84. The molecule has 3 atom stereocenters. The van der Waals surface area contributed by atoms with E-state index >= 15 is 0 Å². The minimum atomic E-state index is -3.00. The molecule has 21 heavy (non-hydrogen) atoms. The smallest absolute Gasteiger partial charge is 0.225 e. The molecule has 2 aliphatic carbocycles. The van der Waals surface area contributed by atoms with Gasteiger partial charge in [0, 0.05) is 25.0 Å². The maximum Gasteiger partial charge on any atom is 0.225 e. The Bertz CT molecular complexity index is 505. The van der Waals surface area contributed by atoms with E-state index in [0.717, 1.165) is 25.7 Å². The largest absolute Gasteiger partial charge is 0.340 e. The molecule has 0 aromatic heterocycles. The predicted octanol–water partition coefficient (Wildman–Crippen LogP) is 0.786. The van der Waals surface area contributed by atoms with Crippen LogP contribution in [0.25, 0.3) is 0 Å². The first-order chi connectivity index (χ1) is 9.88. The summed E-state index contributed by atoms with van der Waals surface area (Å²) in [6.07, 6.45) is 5.32. The minimum Gasteiger partial charge on any atom is -0.340 e. The van der Waals surface area contributed by atoms with Crippen molar-refractivity contribution in [3.8, 4) is 0 Å². The number of fused-ring (bicyclic) bond motifs is 2. The van der Waals surface area contributed by atoms with Crippen LogP contribution in [-0.2, 0) is 14.6 Å². The second-order valence-electron chi connectivity index (χ2n) is 7.16. The normalized spacial score (nSPS) is 42.6. The van der Waals surface area contributed by atoms with E-state index in [4.69, 9.17) is 5.73 Å². The SMILES string of the molecule is CC1CN(C(=O)C2CC3CCCC(C2)C3N)CCS1(=O)=O. The molecule has 3 unspecified atom stereocenters. The Morgan fingerprint density at radius 2 is 1.81 bits per heavy atom. The maximum absolute atomic E-state index is 12.7. The molecule has 3 aliphatic rings. The van der Waals surface area contributed by atoms with Gasteiger partial charge in [-0.25, -0.2) is 8.42 Å². The average Bonchev–Trinajstić information content (AvgIpc) is 2.41. The van der Waals surface area contributed by atoms with Gasteiger partial charge in [0.2, 0.25) is 5.91 Å². The monoisotopic (exact) mass is 314 g/mol. The third-order valence-electron chi connectivity index (χ3n) is 5.81. The van der Waals surface area contributed by atoms with Crippen molar-refractivity contribution in [2.24, 2.45) is 23.5 Å². The second-order valence-corrected chi connectivity index (χ2v) is 9.70. The number of hydrogen-bond donors (Lipinski definition) is 1. The van der Waals surface area contributed by atoms with Crippen LogP contribution in [0.3, 0.4) is 0 Å². The lowest BCUT2D eigenvalue weighted by Crippen LogP contribution is -2.53. The van der Waals surface area contributed by atoms with E-state index in [-0.39, 0.29) is 23.6 Å². The molecule has 0 aromatic rings. The first kappa shape index (κ1) is 15.3. The Morgan fingerprint density at radius 3 is 2.38 bits per heavy atom. The van der Waals surface area contributed by atoms with Crippen LogP contribution < -0.4 is 5.73 Å². The van der Waals surface area contributed by atoms with Gasteiger partial charge in [0.1, 0.15) is 0 Å². The van der Waals surface area contributed by atoms with E-state index < -0.39 is 15.1 Å². The van der Waals surface area contributed by atoms with Crippen molar-refractivity contribution in [3.63, 3.8) is 0 Å². The zero-order valence-electron chi connectivity index (χ0n) is 12.7. The molecule has 1 heterocycles. The fraction of sp³-hybridized carbons (Fsp3) is 0.933. The van der Waals surface area contributed by atoms with Gasteiger partial charge in [0.15, 0.2) is 9.84 Å². The highest BCUT2D eigenvalue weighted by Crippen LogP contribution is 2.42. The van der Waals surface area contributed by atoms with Crippen LogP contribution in [0.15, 0.2) is 0 Å². The Labute approximate surface area is 127 Å². The molecule has 3 fully saturated rings. The van der Waals surface area contributed by atoms with Crippen LogP contribution in [0.2, 0.25) is 0 Å². The average molecular weight is 314 g/mol. The van der Waals surface area contributed by atoms with Crippen molar-refractivity contribution >= 4 is 15.7 Å². The third-order valence-corrected chi connectivity index (χ3v) is 7.94. The molecule has 1 amide bonds. The summed E-state index contributed by atoms with van der Waals surface area (Å²) in [5.74, 6) is 1.31. The van der Waals surface area contributed by atoms with E-state index in [0.29, 0.717) is 24.9 Å². The van der Waals surface area contributed by atoms with Crippen molar-refractivity contribution in [2.75, 3.05) is 18.8 Å². The van der Waals surface area contributed by atoms with Crippen LogP contribution >= 0.6 is 0 Å². The topological polar surface area (TPSA) is 80.5 Å². The summed E-state index contributed by atoms with van der Waals surface area (Å²) < 4.78 is 23.5. The number of nitrogens with two attached hydrogens (primary N) is 1. The summed E-state index contributed by atoms with van der Waals surface area (Å²) in [5.41, 5.74) is 6.28. The van der Waals surface area contributed by atoms with Crippen LogP contribution in [0, 0.1) is 17.8 Å². The minimum absolute atomic E-state index is 0.0631. The molecule has 2 bridgehead atoms. The van der Waals surface area contributed by atoms with Gasteiger partial charge in [-0.3, -0.25) is 4.79 Å². The first-order valence-corrected chi connectivity index (χ1v) is 9.86. The highest BCUT2D eigenvalue weighted by Gasteiger charge is 2.42. The molecule has 0 spiro atoms. The Hall–Kier alpha value is -0.620. The molecule has 0 aromatic carbocycles. The van der Waals surface area contributed by atoms with Gasteiger partial charge in [0.05, 0.1) is 11.0 Å². The second kappa shape index (κ2) is 5.54. The van der Waals surface area contributed by atoms with Gasteiger partial charge in [-0.05, 0) is 44.4 Å². The first-order valence-electron chi connectivity index (χ1n) is 8.14. The molecule has 3 rings (SSSR count). The standard InChI is InChI=1S/C15H26N2O3S/c1-10-9-17(5-6-21(10,19)20)15(18)13-7-11-3-2-4-12(8-13)14(11)16/h10-14H,2-9,16H2,1H3. The van der Waals surface area contributed by atoms with E-state index in [1.54, 1.807) is 11.8 Å². The molecular formula is C15H26N2O3S. The molecule has 2 saturated carbocycles. The van der Waals surface area contributed by atoms with E-state index in [2.05, 4.69) is 0 Å². The summed E-state index contributed by atoms with van der Waals surface area (Å²) in [7, 11) is -3.00. The van der Waals surface area contributed by atoms with E-state index in [9.17, 15) is 13.2 Å². The molecule has 6 heteroatoms. The van der Waals surface area contributed by atoms with Gasteiger partial charge < -0.3 is 10.6 Å². The zero-order chi connectivity index (χ0) is 15.2. The van der Waals surface area contributed by atoms with Crippen LogP contribution in [0.5, 0.6) is 0 Å². The molecule has 5 nitrogen and oxygen atoms in total. The van der Waals surface area contributed by atoms with Gasteiger partial charge in [-0.1, -0.05) is 6.42 Å². The van der Waals surface area contributed by atoms with Crippen LogP contribution in [-0.4, -0.2) is 49.4 Å². The van der Waals surface area contributed by atoms with Gasteiger partial charge in [-0.15, -0.1) is 0 Å². The van der Waals surface area contributed by atoms with Crippen LogP contribution in [0.1, 0.15) is 39.0 Å². The number of rotatable bonds is 1. The molecule has 1 saturated heterocycles. The summed E-state index contributed by atoms with van der Waals surface area (Å²) >= 11 is 0. The molecule has 1 aliphatic heterocycles. The summed E-state index contributed by atoms with van der Waals surface area (Å²) in [6.45, 7) is 2.43. The quantitative estimate of drug-likeness (QED) is 0.776. The van der Waals surface area contributed by atoms with E-state index in [1.165, 1.54) is 6.42 Å². The lowest BCUT2D eigenvalue weighted by Gasteiger charge is -2.45. The summed E-state index contributed by atoms with van der Waals surface area (Å²) in [5, 5.41) is -0.430. The van der Waals surface area contributed by atoms with Gasteiger partial charge in [-0.2, -0.15) is 0 Å². The number of hydrogen-bond acceptors (Lipinski definition) is 4. The van der Waals surface area contributed by atoms with Crippen LogP contribution in [0.4, 0.5) is 0 Å². The maximum atomic E-state index is 12.7. The van der Waals surface area contributed by atoms with Crippen molar-refractivity contribution in [1.29, 1.82) is 0 Å². The molecular weight excluding hydrogens is 288 g/mol. The highest BCUT2D eigenvalue weighted by atomic mass is 32.2. The number of carbonyl (C=O) groups is 1. The summed E-state index contributed by atoms with van der Waals surface area (Å²) in [4.78, 5) is 14.5. The Morgan fingerprint density at radius 1 is 1.19 bits per heavy atom. The lowest BCUT2D eigenvalue weighted by atomic mass is 9.65. The number of sulfone groups is 1. The summed E-state index contributed by atoms with van der Waals surface area (Å²) in [6, 6.07) is 0.267. The number of carbonyl (C=O) groups excluding carboxylic acids is 1. The number of amides is 1. The lowest BCUT2D eigenvalue weighted by molar-refractivity contribution is -0.138. The molecule has 2 N–H and O–H groups in total. The Kier molecular flexibility index (Phi) is 4.03. The zero-order valence-corrected chi connectivity index (χ0v) is 13.5. The van der Waals surface area contributed by atoms with Crippen molar-refractivity contribution in [1.82, 2.24) is 4.90 Å². The van der Waals surface area contributed by atoms with Gasteiger partial charge in [0.25, 0.3) is 0 Å². The van der Waals surface area contributed by atoms with E-state index in [1.807, 2.05) is 0 Å². The van der Waals surface area contributed by atoms with Crippen molar-refractivity contribution < 1.29 is 13.2 Å². The van der Waals surface area contributed by atoms with Crippen molar-refractivity contribution in [2.45, 2.75) is 50.3 Å².